The summed E-state index contributed by atoms with van der Waals surface area (Å²) in [5.74, 6) is 0.274. The van der Waals surface area contributed by atoms with Crippen LogP contribution in [-0.2, 0) is 6.42 Å². The third-order valence-electron chi connectivity index (χ3n) is 3.51. The van der Waals surface area contributed by atoms with Crippen molar-refractivity contribution in [2.24, 2.45) is 0 Å². The van der Waals surface area contributed by atoms with Crippen LogP contribution >= 0.6 is 0 Å². The summed E-state index contributed by atoms with van der Waals surface area (Å²) in [5.41, 5.74) is 1.25. The lowest BCUT2D eigenvalue weighted by Gasteiger charge is -2.30. The number of rotatable bonds is 4. The third kappa shape index (κ3) is 3.02. The number of aliphatic hydroxyl groups is 2. The van der Waals surface area contributed by atoms with Gasteiger partial charge >= 0.3 is 0 Å². The Morgan fingerprint density at radius 2 is 2.22 bits per heavy atom. The van der Waals surface area contributed by atoms with Crippen LogP contribution in [0.5, 0.6) is 5.75 Å². The Hall–Kier alpha value is -1.10. The minimum absolute atomic E-state index is 0.138. The van der Waals surface area contributed by atoms with Gasteiger partial charge in [-0.15, -0.1) is 0 Å². The number of phenolic OH excluding ortho intramolecular Hbond substituents is 1. The fourth-order valence-electron chi connectivity index (χ4n) is 2.40. The van der Waals surface area contributed by atoms with E-state index >= 15 is 0 Å². The van der Waals surface area contributed by atoms with Crippen molar-refractivity contribution >= 4 is 0 Å². The molecule has 4 nitrogen and oxygen atoms in total. The number of aryl methyl sites for hydroxylation is 1. The maximum atomic E-state index is 9.79. The number of nitrogens with one attached hydrogen (secondary N) is 1. The van der Waals surface area contributed by atoms with Crippen LogP contribution in [0.4, 0.5) is 0 Å². The zero-order valence-electron chi connectivity index (χ0n) is 10.7. The van der Waals surface area contributed by atoms with Gasteiger partial charge in [-0.05, 0) is 49.4 Å². The molecular formula is C14H21NO3. The van der Waals surface area contributed by atoms with Crippen LogP contribution in [0.1, 0.15) is 36.9 Å². The lowest BCUT2D eigenvalue weighted by molar-refractivity contribution is 0.000300. The van der Waals surface area contributed by atoms with Crippen LogP contribution in [0.15, 0.2) is 18.2 Å². The summed E-state index contributed by atoms with van der Waals surface area (Å²) in [6, 6.07) is 5.60. The molecule has 0 heterocycles. The van der Waals surface area contributed by atoms with Crippen LogP contribution in [0, 0.1) is 0 Å². The van der Waals surface area contributed by atoms with E-state index in [4.69, 9.17) is 5.11 Å². The zero-order chi connectivity index (χ0) is 13.2. The van der Waals surface area contributed by atoms with E-state index in [1.807, 2.05) is 6.07 Å². The summed E-state index contributed by atoms with van der Waals surface area (Å²) in [7, 11) is 0. The van der Waals surface area contributed by atoms with Gasteiger partial charge in [0.15, 0.2) is 0 Å². The monoisotopic (exact) mass is 251 g/mol. The first-order valence-corrected chi connectivity index (χ1v) is 6.40. The summed E-state index contributed by atoms with van der Waals surface area (Å²) >= 11 is 0. The lowest BCUT2D eigenvalue weighted by atomic mass is 9.87. The molecule has 1 aliphatic carbocycles. The van der Waals surface area contributed by atoms with Crippen molar-refractivity contribution in [3.8, 4) is 5.75 Å². The molecule has 4 heteroatoms. The summed E-state index contributed by atoms with van der Waals surface area (Å²) < 4.78 is 0. The van der Waals surface area contributed by atoms with Gasteiger partial charge in [0, 0.05) is 12.6 Å². The first-order chi connectivity index (χ1) is 8.52. The first-order valence-electron chi connectivity index (χ1n) is 6.40. The normalized spacial score (nSPS) is 22.3. The number of phenols is 1. The van der Waals surface area contributed by atoms with Crippen LogP contribution in [0.3, 0.4) is 0 Å². The van der Waals surface area contributed by atoms with Gasteiger partial charge < -0.3 is 20.6 Å². The van der Waals surface area contributed by atoms with Gasteiger partial charge in [-0.25, -0.2) is 0 Å². The average molecular weight is 251 g/mol. The third-order valence-corrected chi connectivity index (χ3v) is 3.51. The van der Waals surface area contributed by atoms with Crippen molar-refractivity contribution in [1.82, 2.24) is 5.32 Å². The highest BCUT2D eigenvalue weighted by atomic mass is 16.3. The topological polar surface area (TPSA) is 72.7 Å². The molecule has 1 aromatic carbocycles. The Balaban J connectivity index is 2.10. The zero-order valence-corrected chi connectivity index (χ0v) is 10.7. The molecular weight excluding hydrogens is 230 g/mol. The SMILES string of the molecule is CC(O)(CO)CNC1CCCc2ccc(O)cc21. The highest BCUT2D eigenvalue weighted by Crippen LogP contribution is 2.32. The average Bonchev–Trinajstić information content (AvgIpc) is 2.36. The van der Waals surface area contributed by atoms with E-state index in [-0.39, 0.29) is 18.4 Å². The molecule has 4 N–H and O–H groups in total. The molecule has 0 aromatic heterocycles. The van der Waals surface area contributed by atoms with E-state index in [2.05, 4.69) is 5.32 Å². The molecule has 100 valence electrons. The number of hydrogen-bond acceptors (Lipinski definition) is 4. The number of benzene rings is 1. The molecule has 1 aliphatic rings. The Kier molecular flexibility index (Phi) is 3.90. The number of fused-ring (bicyclic) bond motifs is 1. The van der Waals surface area contributed by atoms with Gasteiger partial charge in [-0.3, -0.25) is 0 Å². The summed E-state index contributed by atoms with van der Waals surface area (Å²) in [6.07, 6.45) is 3.11. The van der Waals surface area contributed by atoms with Gasteiger partial charge in [0.25, 0.3) is 0 Å². The fourth-order valence-corrected chi connectivity index (χ4v) is 2.40. The maximum Gasteiger partial charge on any atom is 0.115 e. The standard InChI is InChI=1S/C14H21NO3/c1-14(18,9-16)8-15-13-4-2-3-10-5-6-11(17)7-12(10)13/h5-7,13,15-18H,2-4,8-9H2,1H3. The van der Waals surface area contributed by atoms with Crippen LogP contribution in [-0.4, -0.2) is 34.1 Å². The lowest BCUT2D eigenvalue weighted by Crippen LogP contribution is -2.42. The highest BCUT2D eigenvalue weighted by Gasteiger charge is 2.24. The molecule has 2 rings (SSSR count). The Labute approximate surface area is 107 Å². The Bertz CT molecular complexity index is 418. The molecule has 0 saturated heterocycles. The molecule has 0 radical (unpaired) electrons. The maximum absolute atomic E-state index is 9.79. The molecule has 0 saturated carbocycles. The smallest absolute Gasteiger partial charge is 0.115 e. The molecule has 0 amide bonds. The molecule has 0 fully saturated rings. The predicted molar refractivity (Wildman–Crippen MR) is 69.5 cm³/mol. The first kappa shape index (κ1) is 13.3. The highest BCUT2D eigenvalue weighted by molar-refractivity contribution is 5.38. The van der Waals surface area contributed by atoms with Gasteiger partial charge in [-0.2, -0.15) is 0 Å². The van der Waals surface area contributed by atoms with Gasteiger partial charge in [0.2, 0.25) is 0 Å². The Morgan fingerprint density at radius 1 is 1.44 bits per heavy atom. The molecule has 18 heavy (non-hydrogen) atoms. The van der Waals surface area contributed by atoms with Crippen LogP contribution < -0.4 is 5.32 Å². The van der Waals surface area contributed by atoms with E-state index in [0.29, 0.717) is 6.54 Å². The van der Waals surface area contributed by atoms with Gasteiger partial charge in [0.05, 0.1) is 12.2 Å². The van der Waals surface area contributed by atoms with Crippen LogP contribution in [0.25, 0.3) is 0 Å². The van der Waals surface area contributed by atoms with E-state index in [0.717, 1.165) is 24.8 Å². The van der Waals surface area contributed by atoms with E-state index < -0.39 is 5.60 Å². The molecule has 1 aromatic rings. The van der Waals surface area contributed by atoms with E-state index in [9.17, 15) is 10.2 Å². The molecule has 2 atom stereocenters. The van der Waals surface area contributed by atoms with Crippen molar-refractivity contribution in [3.63, 3.8) is 0 Å². The van der Waals surface area contributed by atoms with Gasteiger partial charge in [-0.1, -0.05) is 6.07 Å². The number of aromatic hydroxyl groups is 1. The minimum Gasteiger partial charge on any atom is -0.508 e. The van der Waals surface area contributed by atoms with Crippen molar-refractivity contribution < 1.29 is 15.3 Å². The van der Waals surface area contributed by atoms with Crippen molar-refractivity contribution in [2.45, 2.75) is 37.8 Å². The second-order valence-corrected chi connectivity index (χ2v) is 5.36. The van der Waals surface area contributed by atoms with E-state index in [1.165, 1.54) is 5.56 Å². The predicted octanol–water partition coefficient (Wildman–Crippen LogP) is 1.10. The van der Waals surface area contributed by atoms with Crippen molar-refractivity contribution in [3.05, 3.63) is 29.3 Å². The number of aliphatic hydroxyl groups excluding tert-OH is 1. The summed E-state index contributed by atoms with van der Waals surface area (Å²) in [5, 5.41) is 31.7. The summed E-state index contributed by atoms with van der Waals surface area (Å²) in [6.45, 7) is 1.68. The number of hydrogen-bond donors (Lipinski definition) is 4. The fraction of sp³-hybridized carbons (Fsp3) is 0.571. The molecule has 0 bridgehead atoms. The molecule has 2 unspecified atom stereocenters. The second kappa shape index (κ2) is 5.26. The quantitative estimate of drug-likeness (QED) is 0.646. The largest absolute Gasteiger partial charge is 0.508 e. The van der Waals surface area contributed by atoms with E-state index in [1.54, 1.807) is 19.1 Å². The summed E-state index contributed by atoms with van der Waals surface area (Å²) in [4.78, 5) is 0. The van der Waals surface area contributed by atoms with Crippen molar-refractivity contribution in [1.29, 1.82) is 0 Å². The molecule has 0 spiro atoms. The minimum atomic E-state index is -1.10. The molecule has 0 aliphatic heterocycles. The van der Waals surface area contributed by atoms with Crippen molar-refractivity contribution in [2.75, 3.05) is 13.2 Å². The second-order valence-electron chi connectivity index (χ2n) is 5.36. The van der Waals surface area contributed by atoms with Crippen LogP contribution in [0.2, 0.25) is 0 Å². The Morgan fingerprint density at radius 3 is 2.94 bits per heavy atom. The van der Waals surface area contributed by atoms with Gasteiger partial charge in [0.1, 0.15) is 5.75 Å².